The van der Waals surface area contributed by atoms with Crippen molar-refractivity contribution in [2.75, 3.05) is 12.3 Å². The predicted molar refractivity (Wildman–Crippen MR) is 118 cm³/mol. The molecule has 0 bridgehead atoms. The maximum absolute atomic E-state index is 11.3. The highest BCUT2D eigenvalue weighted by atomic mass is 32.2. The summed E-state index contributed by atoms with van der Waals surface area (Å²) < 4.78 is 28.2. The largest absolute Gasteiger partial charge is 0.491 e. The lowest BCUT2D eigenvalue weighted by atomic mass is 10.0. The van der Waals surface area contributed by atoms with Crippen molar-refractivity contribution in [2.45, 2.75) is 102 Å². The van der Waals surface area contributed by atoms with E-state index in [1.54, 1.807) is 6.07 Å². The Hall–Kier alpha value is -1.27. The molecule has 0 aromatic heterocycles. The second-order valence-electron chi connectivity index (χ2n) is 7.69. The number of anilines is 1. The topological polar surface area (TPSA) is 95.4 Å². The molecule has 0 aliphatic rings. The van der Waals surface area contributed by atoms with Gasteiger partial charge in [-0.05, 0) is 24.6 Å². The Morgan fingerprint density at radius 2 is 1.25 bits per heavy atom. The molecule has 1 rings (SSSR count). The lowest BCUT2D eigenvalue weighted by Gasteiger charge is -2.10. The number of primary sulfonamides is 1. The van der Waals surface area contributed by atoms with E-state index >= 15 is 0 Å². The first-order valence-electron chi connectivity index (χ1n) is 11.0. The maximum atomic E-state index is 11.3. The van der Waals surface area contributed by atoms with Gasteiger partial charge in [0.2, 0.25) is 10.0 Å². The molecule has 0 amide bonds. The Kier molecular flexibility index (Phi) is 13.0. The van der Waals surface area contributed by atoms with Gasteiger partial charge in [0.05, 0.1) is 17.2 Å². The first-order chi connectivity index (χ1) is 13.4. The van der Waals surface area contributed by atoms with E-state index in [9.17, 15) is 8.42 Å². The van der Waals surface area contributed by atoms with Crippen LogP contribution >= 0.6 is 0 Å². The third-order valence-electron chi connectivity index (χ3n) is 5.07. The molecule has 6 heteroatoms. The Labute approximate surface area is 172 Å². The zero-order valence-corrected chi connectivity index (χ0v) is 18.4. The van der Waals surface area contributed by atoms with Crippen LogP contribution in [0, 0.1) is 0 Å². The molecule has 5 nitrogen and oxygen atoms in total. The summed E-state index contributed by atoms with van der Waals surface area (Å²) in [7, 11) is -3.73. The summed E-state index contributed by atoms with van der Waals surface area (Å²) in [5.41, 5.74) is 6.14. The molecular weight excluding hydrogens is 372 g/mol. The molecule has 0 unspecified atom stereocenters. The fourth-order valence-corrected chi connectivity index (χ4v) is 3.86. The number of ether oxygens (including phenoxy) is 1. The number of rotatable bonds is 17. The standard InChI is InChI=1S/C22H40N2O3S/c1-2-3-4-5-6-7-8-9-10-11-12-13-14-15-18-27-22-17-16-20(19-21(22)23)28(24,25)26/h16-17,19H,2-15,18,23H2,1H3,(H2,24,25,26). The van der Waals surface area contributed by atoms with Gasteiger partial charge in [-0.3, -0.25) is 0 Å². The Bertz CT molecular complexity index is 633. The van der Waals surface area contributed by atoms with E-state index in [2.05, 4.69) is 6.92 Å². The molecule has 1 aromatic carbocycles. The van der Waals surface area contributed by atoms with Crippen LogP contribution in [0.1, 0.15) is 96.8 Å². The normalized spacial score (nSPS) is 11.6. The number of sulfonamides is 1. The molecule has 28 heavy (non-hydrogen) atoms. The first kappa shape index (κ1) is 24.8. The zero-order chi connectivity index (χ0) is 20.7. The van der Waals surface area contributed by atoms with Crippen molar-refractivity contribution in [3.05, 3.63) is 18.2 Å². The van der Waals surface area contributed by atoms with E-state index in [0.29, 0.717) is 18.0 Å². The van der Waals surface area contributed by atoms with Crippen LogP contribution in [0.5, 0.6) is 5.75 Å². The van der Waals surface area contributed by atoms with Gasteiger partial charge in [0.25, 0.3) is 0 Å². The van der Waals surface area contributed by atoms with Crippen molar-refractivity contribution in [3.63, 3.8) is 0 Å². The molecule has 0 atom stereocenters. The van der Waals surface area contributed by atoms with Gasteiger partial charge in [0.15, 0.2) is 0 Å². The summed E-state index contributed by atoms with van der Waals surface area (Å²) in [6, 6.07) is 4.33. The first-order valence-corrected chi connectivity index (χ1v) is 12.5. The van der Waals surface area contributed by atoms with Gasteiger partial charge in [0, 0.05) is 0 Å². The quantitative estimate of drug-likeness (QED) is 0.250. The minimum Gasteiger partial charge on any atom is -0.491 e. The van der Waals surface area contributed by atoms with Gasteiger partial charge in [-0.15, -0.1) is 0 Å². The lowest BCUT2D eigenvalue weighted by Crippen LogP contribution is -2.12. The summed E-state index contributed by atoms with van der Waals surface area (Å²) in [6.07, 6.45) is 18.5. The number of unbranched alkanes of at least 4 members (excludes halogenated alkanes) is 13. The number of nitrogen functional groups attached to an aromatic ring is 1. The summed E-state index contributed by atoms with van der Waals surface area (Å²) >= 11 is 0. The minimum atomic E-state index is -3.73. The summed E-state index contributed by atoms with van der Waals surface area (Å²) in [5.74, 6) is 0.516. The number of hydrogen-bond acceptors (Lipinski definition) is 4. The average Bonchev–Trinajstić information content (AvgIpc) is 2.65. The highest BCUT2D eigenvalue weighted by Crippen LogP contribution is 2.24. The molecule has 0 fully saturated rings. The smallest absolute Gasteiger partial charge is 0.238 e. The van der Waals surface area contributed by atoms with Gasteiger partial charge in [-0.2, -0.15) is 0 Å². The van der Waals surface area contributed by atoms with Crippen molar-refractivity contribution in [1.82, 2.24) is 0 Å². The van der Waals surface area contributed by atoms with Crippen LogP contribution in [-0.4, -0.2) is 15.0 Å². The van der Waals surface area contributed by atoms with E-state index in [-0.39, 0.29) is 4.90 Å². The van der Waals surface area contributed by atoms with Crippen LogP contribution in [0.25, 0.3) is 0 Å². The van der Waals surface area contributed by atoms with Crippen LogP contribution < -0.4 is 15.6 Å². The number of benzene rings is 1. The van der Waals surface area contributed by atoms with Crippen LogP contribution in [0.2, 0.25) is 0 Å². The van der Waals surface area contributed by atoms with E-state index in [1.807, 2.05) is 0 Å². The molecule has 0 saturated heterocycles. The van der Waals surface area contributed by atoms with E-state index < -0.39 is 10.0 Å². The van der Waals surface area contributed by atoms with E-state index in [4.69, 9.17) is 15.6 Å². The second-order valence-corrected chi connectivity index (χ2v) is 9.25. The summed E-state index contributed by atoms with van der Waals surface area (Å²) in [6.45, 7) is 2.86. The predicted octanol–water partition coefficient (Wildman–Crippen LogP) is 5.78. The SMILES string of the molecule is CCCCCCCCCCCCCCCCOc1ccc(S(N)(=O)=O)cc1N. The fourth-order valence-electron chi connectivity index (χ4n) is 3.31. The number of hydrogen-bond donors (Lipinski definition) is 2. The summed E-state index contributed by atoms with van der Waals surface area (Å²) in [4.78, 5) is 0.00819. The zero-order valence-electron chi connectivity index (χ0n) is 17.6. The number of nitrogens with two attached hydrogens (primary N) is 2. The molecule has 0 spiro atoms. The third kappa shape index (κ3) is 11.5. The molecular formula is C22H40N2O3S. The van der Waals surface area contributed by atoms with E-state index in [1.165, 1.54) is 89.2 Å². The van der Waals surface area contributed by atoms with Crippen LogP contribution in [0.3, 0.4) is 0 Å². The average molecular weight is 413 g/mol. The van der Waals surface area contributed by atoms with Gasteiger partial charge < -0.3 is 10.5 Å². The molecule has 0 saturated carbocycles. The maximum Gasteiger partial charge on any atom is 0.238 e. The molecule has 0 aliphatic heterocycles. The molecule has 0 aliphatic carbocycles. The van der Waals surface area contributed by atoms with Crippen molar-refractivity contribution in [3.8, 4) is 5.75 Å². The minimum absolute atomic E-state index is 0.00819. The lowest BCUT2D eigenvalue weighted by molar-refractivity contribution is 0.305. The highest BCUT2D eigenvalue weighted by Gasteiger charge is 2.10. The third-order valence-corrected chi connectivity index (χ3v) is 5.98. The van der Waals surface area contributed by atoms with Crippen molar-refractivity contribution < 1.29 is 13.2 Å². The Morgan fingerprint density at radius 1 is 0.786 bits per heavy atom. The van der Waals surface area contributed by atoms with E-state index in [0.717, 1.165) is 12.8 Å². The highest BCUT2D eigenvalue weighted by molar-refractivity contribution is 7.89. The molecule has 0 heterocycles. The van der Waals surface area contributed by atoms with Crippen molar-refractivity contribution >= 4 is 15.7 Å². The second kappa shape index (κ2) is 14.7. The molecule has 162 valence electrons. The molecule has 4 N–H and O–H groups in total. The van der Waals surface area contributed by atoms with Crippen molar-refractivity contribution in [1.29, 1.82) is 0 Å². The van der Waals surface area contributed by atoms with Gasteiger partial charge in [-0.25, -0.2) is 13.6 Å². The van der Waals surface area contributed by atoms with Crippen molar-refractivity contribution in [2.24, 2.45) is 5.14 Å². The summed E-state index contributed by atoms with van der Waals surface area (Å²) in [5, 5.41) is 5.09. The van der Waals surface area contributed by atoms with Crippen LogP contribution in [0.15, 0.2) is 23.1 Å². The molecule has 1 aromatic rings. The Balaban J connectivity index is 1.96. The Morgan fingerprint density at radius 3 is 1.68 bits per heavy atom. The van der Waals surface area contributed by atoms with Gasteiger partial charge in [-0.1, -0.05) is 90.4 Å². The van der Waals surface area contributed by atoms with Gasteiger partial charge >= 0.3 is 0 Å². The van der Waals surface area contributed by atoms with Gasteiger partial charge in [0.1, 0.15) is 5.75 Å². The van der Waals surface area contributed by atoms with Crippen LogP contribution in [-0.2, 0) is 10.0 Å². The molecule has 0 radical (unpaired) electrons. The van der Waals surface area contributed by atoms with Crippen LogP contribution in [0.4, 0.5) is 5.69 Å². The fraction of sp³-hybridized carbons (Fsp3) is 0.727. The monoisotopic (exact) mass is 412 g/mol.